The number of ether oxygens (including phenoxy) is 1. The maximum absolute atomic E-state index is 12.5. The zero-order chi connectivity index (χ0) is 18.4. The summed E-state index contributed by atoms with van der Waals surface area (Å²) in [5, 5.41) is 3.56. The lowest BCUT2D eigenvalue weighted by atomic mass is 10.1. The molecule has 0 saturated heterocycles. The largest absolute Gasteiger partial charge is 0.494 e. The summed E-state index contributed by atoms with van der Waals surface area (Å²) in [5.41, 5.74) is 1.54. The Kier molecular flexibility index (Phi) is 6.12. The van der Waals surface area contributed by atoms with E-state index in [-0.39, 0.29) is 5.91 Å². The van der Waals surface area contributed by atoms with E-state index in [2.05, 4.69) is 22.1 Å². The van der Waals surface area contributed by atoms with E-state index in [4.69, 9.17) is 16.3 Å². The van der Waals surface area contributed by atoms with Gasteiger partial charge < -0.3 is 15.0 Å². The number of pyridine rings is 1. The molecule has 1 aliphatic rings. The Labute approximate surface area is 158 Å². The van der Waals surface area contributed by atoms with Gasteiger partial charge in [-0.15, -0.1) is 0 Å². The molecule has 1 N–H and O–H groups in total. The molecule has 0 atom stereocenters. The molecular formula is C20H22ClN3O2. The highest BCUT2D eigenvalue weighted by Gasteiger charge is 2.19. The summed E-state index contributed by atoms with van der Waals surface area (Å²) in [5.74, 6) is 1.50. The molecule has 1 amide bonds. The summed E-state index contributed by atoms with van der Waals surface area (Å²) in [6, 6.07) is 11.1. The molecule has 0 saturated carbocycles. The van der Waals surface area contributed by atoms with Crippen molar-refractivity contribution in [3.63, 3.8) is 0 Å². The van der Waals surface area contributed by atoms with Gasteiger partial charge in [0.15, 0.2) is 0 Å². The highest BCUT2D eigenvalue weighted by Crippen LogP contribution is 2.25. The van der Waals surface area contributed by atoms with E-state index in [1.165, 1.54) is 0 Å². The number of aromatic nitrogens is 1. The Bertz CT molecular complexity index is 790. The number of carbonyl (C=O) groups excluding carboxylic acids is 1. The fourth-order valence-electron chi connectivity index (χ4n) is 2.74. The zero-order valence-electron chi connectivity index (χ0n) is 14.7. The molecule has 1 aliphatic heterocycles. The number of rotatable bonds is 6. The van der Waals surface area contributed by atoms with Crippen LogP contribution in [0.3, 0.4) is 0 Å². The number of halogens is 1. The molecule has 1 aromatic heterocycles. The topological polar surface area (TPSA) is 54.5 Å². The Morgan fingerprint density at radius 1 is 1.31 bits per heavy atom. The highest BCUT2D eigenvalue weighted by atomic mass is 35.5. The van der Waals surface area contributed by atoms with Crippen molar-refractivity contribution in [1.82, 2.24) is 4.98 Å². The highest BCUT2D eigenvalue weighted by molar-refractivity contribution is 6.32. The second-order valence-electron chi connectivity index (χ2n) is 6.06. The van der Waals surface area contributed by atoms with E-state index in [0.717, 1.165) is 29.2 Å². The van der Waals surface area contributed by atoms with E-state index >= 15 is 0 Å². The van der Waals surface area contributed by atoms with Gasteiger partial charge in [-0.3, -0.25) is 4.79 Å². The van der Waals surface area contributed by atoms with E-state index in [1.54, 1.807) is 6.20 Å². The zero-order valence-corrected chi connectivity index (χ0v) is 15.5. The lowest BCUT2D eigenvalue weighted by Crippen LogP contribution is -2.32. The van der Waals surface area contributed by atoms with Gasteiger partial charge in [0.1, 0.15) is 11.6 Å². The van der Waals surface area contributed by atoms with Gasteiger partial charge in [-0.1, -0.05) is 24.6 Å². The molecule has 0 bridgehead atoms. The monoisotopic (exact) mass is 371 g/mol. The molecule has 2 heterocycles. The number of nitrogens with one attached hydrogen (secondary N) is 1. The van der Waals surface area contributed by atoms with E-state index in [0.29, 0.717) is 31.1 Å². The van der Waals surface area contributed by atoms with Gasteiger partial charge in [0.25, 0.3) is 5.91 Å². The number of carbonyl (C=O) groups is 1. The fourth-order valence-corrected chi connectivity index (χ4v) is 2.98. The maximum atomic E-state index is 12.5. The summed E-state index contributed by atoms with van der Waals surface area (Å²) < 4.78 is 5.55. The molecule has 0 aliphatic carbocycles. The van der Waals surface area contributed by atoms with Crippen LogP contribution < -0.4 is 15.0 Å². The first-order valence-electron chi connectivity index (χ1n) is 8.76. The third-order valence-electron chi connectivity index (χ3n) is 4.12. The number of amides is 1. The standard InChI is InChI=1S/C20H22ClN3O2/c1-2-14-26-17-7-5-16(6-8-17)23-20(25)15-9-12-24(13-10-15)19-18(21)4-3-11-22-19/h3-9,11H,2,10,12-14H2,1H3,(H,23,25). The Morgan fingerprint density at radius 3 is 2.77 bits per heavy atom. The molecule has 0 unspecified atom stereocenters. The third kappa shape index (κ3) is 4.55. The summed E-state index contributed by atoms with van der Waals surface area (Å²) in [4.78, 5) is 18.9. The van der Waals surface area contributed by atoms with Crippen molar-refractivity contribution in [1.29, 1.82) is 0 Å². The quantitative estimate of drug-likeness (QED) is 0.822. The normalized spacial score (nSPS) is 13.9. The van der Waals surface area contributed by atoms with E-state index in [1.807, 2.05) is 42.5 Å². The van der Waals surface area contributed by atoms with Crippen LogP contribution in [0.15, 0.2) is 54.2 Å². The molecule has 1 aromatic carbocycles. The number of hydrogen-bond acceptors (Lipinski definition) is 4. The van der Waals surface area contributed by atoms with E-state index < -0.39 is 0 Å². The molecular weight excluding hydrogens is 350 g/mol. The molecule has 0 radical (unpaired) electrons. The van der Waals surface area contributed by atoms with Crippen LogP contribution in [0.5, 0.6) is 5.75 Å². The minimum absolute atomic E-state index is 0.0704. The first-order chi connectivity index (χ1) is 12.7. The number of benzene rings is 1. The lowest BCUT2D eigenvalue weighted by Gasteiger charge is -2.27. The molecule has 0 fully saturated rings. The number of nitrogens with zero attached hydrogens (tertiary/aromatic N) is 2. The second kappa shape index (κ2) is 8.72. The van der Waals surface area contributed by atoms with Gasteiger partial charge in [0.2, 0.25) is 0 Å². The minimum Gasteiger partial charge on any atom is -0.494 e. The summed E-state index contributed by atoms with van der Waals surface area (Å²) in [6.07, 6.45) is 5.27. The predicted octanol–water partition coefficient (Wildman–Crippen LogP) is 4.30. The van der Waals surface area contributed by atoms with E-state index in [9.17, 15) is 4.79 Å². The smallest absolute Gasteiger partial charge is 0.251 e. The van der Waals surface area contributed by atoms with Crippen LogP contribution in [0.4, 0.5) is 11.5 Å². The Morgan fingerprint density at radius 2 is 2.12 bits per heavy atom. The van der Waals surface area contributed by atoms with Crippen molar-refractivity contribution in [3.8, 4) is 5.75 Å². The maximum Gasteiger partial charge on any atom is 0.251 e. The molecule has 2 aromatic rings. The minimum atomic E-state index is -0.0704. The van der Waals surface area contributed by atoms with Gasteiger partial charge >= 0.3 is 0 Å². The molecule has 3 rings (SSSR count). The predicted molar refractivity (Wildman–Crippen MR) is 105 cm³/mol. The average molecular weight is 372 g/mol. The second-order valence-corrected chi connectivity index (χ2v) is 6.47. The van der Waals surface area contributed by atoms with Crippen LogP contribution in [0.25, 0.3) is 0 Å². The fraction of sp³-hybridized carbons (Fsp3) is 0.300. The third-order valence-corrected chi connectivity index (χ3v) is 4.42. The molecule has 0 spiro atoms. The summed E-state index contributed by atoms with van der Waals surface area (Å²) >= 11 is 6.19. The first kappa shape index (κ1) is 18.3. The van der Waals surface area contributed by atoms with Crippen LogP contribution in [-0.4, -0.2) is 30.6 Å². The van der Waals surface area contributed by atoms with Crippen LogP contribution in [0.1, 0.15) is 19.8 Å². The van der Waals surface area contributed by atoms with Crippen molar-refractivity contribution < 1.29 is 9.53 Å². The van der Waals surface area contributed by atoms with Gasteiger partial charge in [0.05, 0.1) is 11.6 Å². The van der Waals surface area contributed by atoms with Gasteiger partial charge in [-0.25, -0.2) is 4.98 Å². The molecule has 136 valence electrons. The molecule has 5 nitrogen and oxygen atoms in total. The van der Waals surface area contributed by atoms with Gasteiger partial charge in [-0.2, -0.15) is 0 Å². The average Bonchev–Trinajstić information content (AvgIpc) is 2.68. The lowest BCUT2D eigenvalue weighted by molar-refractivity contribution is -0.113. The molecule has 6 heteroatoms. The van der Waals surface area contributed by atoms with Crippen LogP contribution in [0.2, 0.25) is 5.02 Å². The SMILES string of the molecule is CCCOc1ccc(NC(=O)C2=CCN(c3ncccc3Cl)CC2)cc1. The van der Waals surface area contributed by atoms with Crippen LogP contribution in [0, 0.1) is 0 Å². The molecule has 26 heavy (non-hydrogen) atoms. The Hall–Kier alpha value is -2.53. The van der Waals surface area contributed by atoms with Crippen molar-refractivity contribution in [2.45, 2.75) is 19.8 Å². The summed E-state index contributed by atoms with van der Waals surface area (Å²) in [7, 11) is 0. The van der Waals surface area contributed by atoms with Gasteiger partial charge in [-0.05, 0) is 49.2 Å². The van der Waals surface area contributed by atoms with Crippen molar-refractivity contribution in [3.05, 3.63) is 59.3 Å². The van der Waals surface area contributed by atoms with Crippen molar-refractivity contribution in [2.75, 3.05) is 29.9 Å². The summed E-state index contributed by atoms with van der Waals surface area (Å²) in [6.45, 7) is 4.08. The number of anilines is 2. The number of hydrogen-bond donors (Lipinski definition) is 1. The van der Waals surface area contributed by atoms with Crippen LogP contribution >= 0.6 is 11.6 Å². The Balaban J connectivity index is 1.58. The van der Waals surface area contributed by atoms with Gasteiger partial charge in [0, 0.05) is 30.5 Å². The van der Waals surface area contributed by atoms with Crippen molar-refractivity contribution >= 4 is 29.0 Å². The van der Waals surface area contributed by atoms with Crippen molar-refractivity contribution in [2.24, 2.45) is 0 Å². The van der Waals surface area contributed by atoms with Crippen LogP contribution in [-0.2, 0) is 4.79 Å². The first-order valence-corrected chi connectivity index (χ1v) is 9.14.